The molecule has 2 N–H and O–H groups in total. The zero-order chi connectivity index (χ0) is 13.7. The predicted molar refractivity (Wildman–Crippen MR) is 81.6 cm³/mol. The van der Waals surface area contributed by atoms with E-state index in [4.69, 9.17) is 0 Å². The molecule has 0 fully saturated rings. The molecule has 102 valence electrons. The van der Waals surface area contributed by atoms with Crippen LogP contribution >= 0.6 is 11.3 Å². The van der Waals surface area contributed by atoms with Gasteiger partial charge >= 0.3 is 0 Å². The Hall–Kier alpha value is -1.16. The Morgan fingerprint density at radius 3 is 2.53 bits per heavy atom. The van der Waals surface area contributed by atoms with Crippen LogP contribution in [0, 0.1) is 0 Å². The summed E-state index contributed by atoms with van der Waals surface area (Å²) in [6, 6.07) is 14.0. The Morgan fingerprint density at radius 2 is 1.89 bits per heavy atom. The van der Waals surface area contributed by atoms with Crippen molar-refractivity contribution in [3.8, 4) is 0 Å². The summed E-state index contributed by atoms with van der Waals surface area (Å²) in [6.07, 6.45) is -0.444. The van der Waals surface area contributed by atoms with Crippen LogP contribution in [-0.4, -0.2) is 18.2 Å². The van der Waals surface area contributed by atoms with Gasteiger partial charge in [0.25, 0.3) is 0 Å². The molecule has 0 aliphatic carbocycles. The summed E-state index contributed by atoms with van der Waals surface area (Å²) < 4.78 is 0. The minimum Gasteiger partial charge on any atom is -0.387 e. The van der Waals surface area contributed by atoms with E-state index in [-0.39, 0.29) is 5.41 Å². The SMILES string of the molecule is CC(C)(CNCC(O)c1ccccc1)c1cccs1. The molecule has 0 saturated carbocycles. The minimum absolute atomic E-state index is 0.102. The van der Waals surface area contributed by atoms with Gasteiger partial charge in [0.1, 0.15) is 0 Å². The van der Waals surface area contributed by atoms with E-state index in [0.717, 1.165) is 12.1 Å². The van der Waals surface area contributed by atoms with Gasteiger partial charge in [-0.25, -0.2) is 0 Å². The third kappa shape index (κ3) is 3.90. The maximum Gasteiger partial charge on any atom is 0.0914 e. The summed E-state index contributed by atoms with van der Waals surface area (Å²) in [5.41, 5.74) is 1.06. The van der Waals surface area contributed by atoms with E-state index < -0.39 is 6.10 Å². The zero-order valence-electron chi connectivity index (χ0n) is 11.5. The molecule has 0 radical (unpaired) electrons. The van der Waals surface area contributed by atoms with Crippen LogP contribution in [0.3, 0.4) is 0 Å². The van der Waals surface area contributed by atoms with Crippen molar-refractivity contribution in [1.29, 1.82) is 0 Å². The van der Waals surface area contributed by atoms with Gasteiger partial charge in [0, 0.05) is 23.4 Å². The first-order chi connectivity index (χ1) is 9.09. The van der Waals surface area contributed by atoms with Crippen molar-refractivity contribution in [1.82, 2.24) is 5.32 Å². The molecule has 19 heavy (non-hydrogen) atoms. The fourth-order valence-electron chi connectivity index (χ4n) is 2.07. The van der Waals surface area contributed by atoms with Crippen molar-refractivity contribution < 1.29 is 5.11 Å². The molecule has 1 unspecified atom stereocenters. The van der Waals surface area contributed by atoms with E-state index in [1.165, 1.54) is 4.88 Å². The molecule has 1 heterocycles. The molecule has 1 aromatic heterocycles. The normalized spacial score (nSPS) is 13.4. The minimum atomic E-state index is -0.444. The number of hydrogen-bond donors (Lipinski definition) is 2. The third-order valence-corrected chi connectivity index (χ3v) is 4.51. The molecule has 2 rings (SSSR count). The Labute approximate surface area is 119 Å². The number of aliphatic hydroxyl groups is 1. The molecule has 0 amide bonds. The second-order valence-electron chi connectivity index (χ2n) is 5.42. The maximum absolute atomic E-state index is 10.1. The predicted octanol–water partition coefficient (Wildman–Crippen LogP) is 3.35. The second-order valence-corrected chi connectivity index (χ2v) is 6.37. The monoisotopic (exact) mass is 275 g/mol. The van der Waals surface area contributed by atoms with E-state index >= 15 is 0 Å². The Bertz CT molecular complexity index is 479. The number of benzene rings is 1. The summed E-state index contributed by atoms with van der Waals surface area (Å²) >= 11 is 1.78. The average Bonchev–Trinajstić information content (AvgIpc) is 2.94. The Kier molecular flexibility index (Phi) is 4.75. The lowest BCUT2D eigenvalue weighted by Gasteiger charge is -2.24. The number of aliphatic hydroxyl groups excluding tert-OH is 1. The van der Waals surface area contributed by atoms with Gasteiger partial charge in [0.15, 0.2) is 0 Å². The molecule has 0 saturated heterocycles. The van der Waals surface area contributed by atoms with E-state index in [9.17, 15) is 5.11 Å². The molecule has 2 nitrogen and oxygen atoms in total. The van der Waals surface area contributed by atoms with Crippen molar-refractivity contribution in [3.05, 3.63) is 58.3 Å². The summed E-state index contributed by atoms with van der Waals surface area (Å²) in [4.78, 5) is 1.37. The summed E-state index contributed by atoms with van der Waals surface area (Å²) in [6.45, 7) is 5.89. The Morgan fingerprint density at radius 1 is 1.16 bits per heavy atom. The van der Waals surface area contributed by atoms with Gasteiger partial charge in [-0.15, -0.1) is 11.3 Å². The topological polar surface area (TPSA) is 32.3 Å². The molecular formula is C16H21NOS. The van der Waals surface area contributed by atoms with Crippen molar-refractivity contribution in [2.24, 2.45) is 0 Å². The standard InChI is InChI=1S/C16H21NOS/c1-16(2,15-9-6-10-19-15)12-17-11-14(18)13-7-4-3-5-8-13/h3-10,14,17-18H,11-12H2,1-2H3. The van der Waals surface area contributed by atoms with Gasteiger partial charge < -0.3 is 10.4 Å². The molecule has 3 heteroatoms. The molecule has 2 aromatic rings. The van der Waals surface area contributed by atoms with Crippen LogP contribution in [0.4, 0.5) is 0 Å². The van der Waals surface area contributed by atoms with Crippen LogP contribution in [0.25, 0.3) is 0 Å². The largest absolute Gasteiger partial charge is 0.387 e. The summed E-state index contributed by atoms with van der Waals surface area (Å²) in [5.74, 6) is 0. The van der Waals surface area contributed by atoms with Gasteiger partial charge in [0.05, 0.1) is 6.10 Å². The van der Waals surface area contributed by atoms with Gasteiger partial charge in [-0.1, -0.05) is 50.2 Å². The van der Waals surface area contributed by atoms with Crippen LogP contribution in [0.1, 0.15) is 30.4 Å². The second kappa shape index (κ2) is 6.33. The van der Waals surface area contributed by atoms with Crippen LogP contribution in [0.5, 0.6) is 0 Å². The van der Waals surface area contributed by atoms with Crippen molar-refractivity contribution in [2.75, 3.05) is 13.1 Å². The highest BCUT2D eigenvalue weighted by Gasteiger charge is 2.21. The van der Waals surface area contributed by atoms with Crippen LogP contribution in [0.2, 0.25) is 0 Å². The highest BCUT2D eigenvalue weighted by atomic mass is 32.1. The molecule has 1 atom stereocenters. The molecule has 0 spiro atoms. The van der Waals surface area contributed by atoms with Crippen molar-refractivity contribution in [3.63, 3.8) is 0 Å². The molecule has 0 aliphatic rings. The highest BCUT2D eigenvalue weighted by molar-refractivity contribution is 7.10. The van der Waals surface area contributed by atoms with Crippen LogP contribution in [0.15, 0.2) is 47.8 Å². The zero-order valence-corrected chi connectivity index (χ0v) is 12.3. The first-order valence-corrected chi connectivity index (χ1v) is 7.45. The highest BCUT2D eigenvalue weighted by Crippen LogP contribution is 2.26. The van der Waals surface area contributed by atoms with Gasteiger partial charge in [-0.05, 0) is 17.0 Å². The van der Waals surface area contributed by atoms with E-state index in [1.54, 1.807) is 11.3 Å². The lowest BCUT2D eigenvalue weighted by Crippen LogP contribution is -2.34. The lowest BCUT2D eigenvalue weighted by atomic mass is 9.91. The number of thiophene rings is 1. The van der Waals surface area contributed by atoms with Crippen molar-refractivity contribution >= 4 is 11.3 Å². The molecule has 0 aliphatic heterocycles. The third-order valence-electron chi connectivity index (χ3n) is 3.28. The van der Waals surface area contributed by atoms with Gasteiger partial charge in [-0.2, -0.15) is 0 Å². The fourth-order valence-corrected chi connectivity index (χ4v) is 2.92. The number of hydrogen-bond acceptors (Lipinski definition) is 3. The quantitative estimate of drug-likeness (QED) is 0.847. The average molecular weight is 275 g/mol. The lowest BCUT2D eigenvalue weighted by molar-refractivity contribution is 0.172. The number of nitrogens with one attached hydrogen (secondary N) is 1. The molecule has 0 bridgehead atoms. The van der Waals surface area contributed by atoms with Crippen LogP contribution in [-0.2, 0) is 5.41 Å². The summed E-state index contributed by atoms with van der Waals surface area (Å²) in [5, 5.41) is 15.6. The smallest absolute Gasteiger partial charge is 0.0914 e. The van der Waals surface area contributed by atoms with E-state index in [1.807, 2.05) is 30.3 Å². The fraction of sp³-hybridized carbons (Fsp3) is 0.375. The summed E-state index contributed by atoms with van der Waals surface area (Å²) in [7, 11) is 0. The van der Waals surface area contributed by atoms with E-state index in [2.05, 4.69) is 36.7 Å². The Balaban J connectivity index is 1.84. The number of rotatable bonds is 6. The van der Waals surface area contributed by atoms with Crippen LogP contribution < -0.4 is 5.32 Å². The van der Waals surface area contributed by atoms with Gasteiger partial charge in [-0.3, -0.25) is 0 Å². The molecule has 1 aromatic carbocycles. The first-order valence-electron chi connectivity index (χ1n) is 6.57. The van der Waals surface area contributed by atoms with E-state index in [0.29, 0.717) is 6.54 Å². The maximum atomic E-state index is 10.1. The van der Waals surface area contributed by atoms with Gasteiger partial charge in [0.2, 0.25) is 0 Å². The first kappa shape index (κ1) is 14.3. The molecular weight excluding hydrogens is 254 g/mol. The van der Waals surface area contributed by atoms with Crippen molar-refractivity contribution in [2.45, 2.75) is 25.4 Å².